The first-order chi connectivity index (χ1) is 11.7. The molecule has 7 heteroatoms. The normalized spacial score (nSPS) is 11.7. The minimum absolute atomic E-state index is 0.398. The molecule has 1 unspecified atom stereocenters. The fraction of sp³-hybridized carbons (Fsp3) is 0.176. The highest BCUT2D eigenvalue weighted by atomic mass is 16.5. The summed E-state index contributed by atoms with van der Waals surface area (Å²) in [6.45, 7) is 1.66. The maximum Gasteiger partial charge on any atom is 0.214 e. The van der Waals surface area contributed by atoms with E-state index in [1.54, 1.807) is 31.5 Å². The van der Waals surface area contributed by atoms with Gasteiger partial charge in [-0.2, -0.15) is 5.26 Å². The predicted molar refractivity (Wildman–Crippen MR) is 86.9 cm³/mol. The van der Waals surface area contributed by atoms with Gasteiger partial charge in [-0.3, -0.25) is 0 Å². The molecule has 0 amide bonds. The average molecular weight is 321 g/mol. The molecule has 1 atom stereocenters. The Labute approximate surface area is 138 Å². The first kappa shape index (κ1) is 15.5. The van der Waals surface area contributed by atoms with E-state index < -0.39 is 6.10 Å². The van der Waals surface area contributed by atoms with Crippen LogP contribution < -0.4 is 10.5 Å². The number of pyridine rings is 2. The van der Waals surface area contributed by atoms with Crippen molar-refractivity contribution in [2.75, 3.05) is 5.73 Å². The summed E-state index contributed by atoms with van der Waals surface area (Å²) in [5, 5.41) is 12.8. The number of hydrogen-bond acceptors (Lipinski definition) is 7. The van der Waals surface area contributed by atoms with Gasteiger partial charge in [-0.25, -0.2) is 9.97 Å². The van der Waals surface area contributed by atoms with Crippen LogP contribution in [0.4, 0.5) is 5.82 Å². The molecule has 0 aromatic carbocycles. The van der Waals surface area contributed by atoms with Crippen molar-refractivity contribution in [1.29, 1.82) is 5.26 Å². The predicted octanol–water partition coefficient (Wildman–Crippen LogP) is 2.60. The largest absolute Gasteiger partial charge is 0.459 e. The highest BCUT2D eigenvalue weighted by molar-refractivity contribution is 5.69. The molecular weight excluding hydrogens is 306 g/mol. The number of rotatable bonds is 5. The van der Waals surface area contributed by atoms with Crippen LogP contribution in [0.2, 0.25) is 0 Å². The van der Waals surface area contributed by atoms with Gasteiger partial charge in [0.2, 0.25) is 5.88 Å². The average Bonchev–Trinajstić information content (AvgIpc) is 3.05. The summed E-state index contributed by atoms with van der Waals surface area (Å²) in [5.41, 5.74) is 8.26. The number of ether oxygens (including phenoxy) is 1. The molecule has 0 aliphatic rings. The fourth-order valence-corrected chi connectivity index (χ4v) is 2.15. The lowest BCUT2D eigenvalue weighted by molar-refractivity contribution is 0.265. The van der Waals surface area contributed by atoms with Crippen LogP contribution in [-0.4, -0.2) is 21.2 Å². The van der Waals surface area contributed by atoms with Crippen LogP contribution in [0, 0.1) is 11.3 Å². The molecule has 0 saturated heterocycles. The summed E-state index contributed by atoms with van der Waals surface area (Å²) >= 11 is 0. The number of nitrogens with two attached hydrogens (primary N) is 1. The standard InChI is InChI=1S/C17H15N5O2/c1-11(9-18)23-16-5-4-12(10-21-16)7-13-8-15(24-22-13)14-3-2-6-20-17(14)19/h2-6,8,10-11H,7H2,1H3,(H2,19,20). The van der Waals surface area contributed by atoms with Gasteiger partial charge < -0.3 is 15.0 Å². The number of anilines is 1. The number of nitrogen functional groups attached to an aromatic ring is 1. The monoisotopic (exact) mass is 321 g/mol. The molecule has 3 aromatic heterocycles. The number of nitriles is 1. The van der Waals surface area contributed by atoms with Gasteiger partial charge in [0, 0.05) is 30.9 Å². The topological polar surface area (TPSA) is 111 Å². The van der Waals surface area contributed by atoms with Crippen LogP contribution in [0.15, 0.2) is 47.2 Å². The maximum atomic E-state index is 8.73. The van der Waals surface area contributed by atoms with Crippen molar-refractivity contribution >= 4 is 5.82 Å². The molecule has 0 radical (unpaired) electrons. The molecular formula is C17H15N5O2. The maximum absolute atomic E-state index is 8.73. The van der Waals surface area contributed by atoms with E-state index in [0.717, 1.165) is 11.3 Å². The zero-order valence-electron chi connectivity index (χ0n) is 13.0. The Kier molecular flexibility index (Phi) is 4.38. The molecule has 2 N–H and O–H groups in total. The van der Waals surface area contributed by atoms with Crippen molar-refractivity contribution in [2.45, 2.75) is 19.4 Å². The summed E-state index contributed by atoms with van der Waals surface area (Å²) in [4.78, 5) is 8.21. The molecule has 120 valence electrons. The Morgan fingerprint density at radius 3 is 2.92 bits per heavy atom. The van der Waals surface area contributed by atoms with Gasteiger partial charge in [0.25, 0.3) is 0 Å². The van der Waals surface area contributed by atoms with E-state index >= 15 is 0 Å². The number of nitrogens with zero attached hydrogens (tertiary/aromatic N) is 4. The quantitative estimate of drug-likeness (QED) is 0.768. The number of aromatic nitrogens is 3. The van der Waals surface area contributed by atoms with E-state index in [1.165, 1.54) is 0 Å². The SMILES string of the molecule is CC(C#N)Oc1ccc(Cc2cc(-c3cccnc3N)on2)cn1. The molecule has 0 aliphatic carbocycles. The van der Waals surface area contributed by atoms with E-state index in [4.69, 9.17) is 20.3 Å². The Morgan fingerprint density at radius 2 is 2.21 bits per heavy atom. The van der Waals surface area contributed by atoms with E-state index in [-0.39, 0.29) is 0 Å². The molecule has 24 heavy (non-hydrogen) atoms. The van der Waals surface area contributed by atoms with E-state index in [9.17, 15) is 0 Å². The highest BCUT2D eigenvalue weighted by Crippen LogP contribution is 2.25. The third-order valence-corrected chi connectivity index (χ3v) is 3.33. The zero-order chi connectivity index (χ0) is 16.9. The molecule has 3 aromatic rings. The lowest BCUT2D eigenvalue weighted by atomic mass is 10.1. The molecule has 0 spiro atoms. The lowest BCUT2D eigenvalue weighted by Gasteiger charge is -2.06. The summed E-state index contributed by atoms with van der Waals surface area (Å²) in [7, 11) is 0. The minimum Gasteiger partial charge on any atom is -0.459 e. The Hall–Kier alpha value is -3.40. The van der Waals surface area contributed by atoms with Gasteiger partial charge in [-0.15, -0.1) is 0 Å². The van der Waals surface area contributed by atoms with Crippen LogP contribution in [0.5, 0.6) is 5.88 Å². The van der Waals surface area contributed by atoms with Crippen molar-refractivity contribution in [3.05, 3.63) is 54.0 Å². The van der Waals surface area contributed by atoms with E-state index in [1.807, 2.05) is 24.3 Å². The van der Waals surface area contributed by atoms with Crippen LogP contribution in [0.25, 0.3) is 11.3 Å². The smallest absolute Gasteiger partial charge is 0.214 e. The van der Waals surface area contributed by atoms with Crippen molar-refractivity contribution in [3.63, 3.8) is 0 Å². The van der Waals surface area contributed by atoms with Gasteiger partial charge in [0.05, 0.1) is 11.3 Å². The number of hydrogen-bond donors (Lipinski definition) is 1. The molecule has 0 saturated carbocycles. The third-order valence-electron chi connectivity index (χ3n) is 3.33. The van der Waals surface area contributed by atoms with Gasteiger partial charge in [-0.05, 0) is 24.6 Å². The van der Waals surface area contributed by atoms with Gasteiger partial charge in [-0.1, -0.05) is 11.2 Å². The Balaban J connectivity index is 1.71. The van der Waals surface area contributed by atoms with Crippen LogP contribution >= 0.6 is 0 Å². The van der Waals surface area contributed by atoms with Gasteiger partial charge in [0.15, 0.2) is 11.9 Å². The van der Waals surface area contributed by atoms with E-state index in [2.05, 4.69) is 15.1 Å². The Bertz CT molecular complexity index is 867. The van der Waals surface area contributed by atoms with Crippen LogP contribution in [0.3, 0.4) is 0 Å². The Morgan fingerprint density at radius 1 is 1.33 bits per heavy atom. The van der Waals surface area contributed by atoms with Crippen molar-refractivity contribution in [1.82, 2.24) is 15.1 Å². The molecule has 0 fully saturated rings. The molecule has 7 nitrogen and oxygen atoms in total. The molecule has 3 rings (SSSR count). The highest BCUT2D eigenvalue weighted by Gasteiger charge is 2.11. The molecule has 3 heterocycles. The summed E-state index contributed by atoms with van der Waals surface area (Å²) in [6.07, 6.45) is 3.33. The minimum atomic E-state index is -0.536. The second-order valence-corrected chi connectivity index (χ2v) is 5.19. The van der Waals surface area contributed by atoms with Crippen molar-refractivity contribution < 1.29 is 9.26 Å². The second-order valence-electron chi connectivity index (χ2n) is 5.19. The molecule has 0 bridgehead atoms. The van der Waals surface area contributed by atoms with Crippen molar-refractivity contribution in [3.8, 4) is 23.3 Å². The van der Waals surface area contributed by atoms with Crippen LogP contribution in [-0.2, 0) is 6.42 Å². The summed E-state index contributed by atoms with van der Waals surface area (Å²) in [6, 6.07) is 11.0. The van der Waals surface area contributed by atoms with Crippen LogP contribution in [0.1, 0.15) is 18.2 Å². The third kappa shape index (κ3) is 3.50. The second kappa shape index (κ2) is 6.79. The van der Waals surface area contributed by atoms with Gasteiger partial charge in [0.1, 0.15) is 11.9 Å². The zero-order valence-corrected chi connectivity index (χ0v) is 13.0. The first-order valence-electron chi connectivity index (χ1n) is 7.33. The van der Waals surface area contributed by atoms with Gasteiger partial charge >= 0.3 is 0 Å². The molecule has 0 aliphatic heterocycles. The fourth-order valence-electron chi connectivity index (χ4n) is 2.15. The lowest BCUT2D eigenvalue weighted by Crippen LogP contribution is -2.09. The van der Waals surface area contributed by atoms with Crippen molar-refractivity contribution in [2.24, 2.45) is 0 Å². The first-order valence-corrected chi connectivity index (χ1v) is 7.33. The summed E-state index contributed by atoms with van der Waals surface area (Å²) < 4.78 is 10.7. The van der Waals surface area contributed by atoms with E-state index in [0.29, 0.717) is 29.4 Å². The summed E-state index contributed by atoms with van der Waals surface area (Å²) in [5.74, 6) is 1.39.